The number of alkyl halides is 3. The van der Waals surface area contributed by atoms with Gasteiger partial charge in [-0.1, -0.05) is 19.0 Å². The fraction of sp³-hybridized carbons (Fsp3) is 0.375. The van der Waals surface area contributed by atoms with E-state index in [-0.39, 0.29) is 23.3 Å². The number of nitrogens with one attached hydrogen (secondary N) is 1. The summed E-state index contributed by atoms with van der Waals surface area (Å²) in [6, 6.07) is 9.16. The predicted molar refractivity (Wildman–Crippen MR) is 130 cm³/mol. The number of aryl methyl sites for hydroxylation is 1. The molecule has 196 valence electrons. The van der Waals surface area contributed by atoms with Crippen LogP contribution in [0.4, 0.5) is 19.0 Å². The molecule has 4 heterocycles. The molecule has 0 saturated carbocycles. The van der Waals surface area contributed by atoms with Crippen molar-refractivity contribution in [2.75, 3.05) is 31.1 Å². The smallest absolute Gasteiger partial charge is 0.406 e. The van der Waals surface area contributed by atoms with Gasteiger partial charge in [0.1, 0.15) is 17.4 Å². The molecule has 3 aromatic heterocycles. The molecule has 0 unspecified atom stereocenters. The van der Waals surface area contributed by atoms with E-state index in [1.54, 1.807) is 10.9 Å². The van der Waals surface area contributed by atoms with Gasteiger partial charge in [-0.25, -0.2) is 14.6 Å². The van der Waals surface area contributed by atoms with Gasteiger partial charge in [0.25, 0.3) is 5.89 Å². The van der Waals surface area contributed by atoms with Crippen LogP contribution >= 0.6 is 0 Å². The van der Waals surface area contributed by atoms with E-state index in [4.69, 9.17) is 4.52 Å². The first-order valence-electron chi connectivity index (χ1n) is 11.9. The number of hydrogen-bond donors (Lipinski definition) is 1. The van der Waals surface area contributed by atoms with Crippen LogP contribution in [-0.2, 0) is 6.54 Å². The predicted octanol–water partition coefficient (Wildman–Crippen LogP) is 4.08. The summed E-state index contributed by atoms with van der Waals surface area (Å²) >= 11 is 0. The van der Waals surface area contributed by atoms with E-state index in [2.05, 4.69) is 40.2 Å². The summed E-state index contributed by atoms with van der Waals surface area (Å²) in [6.45, 7) is 9.97. The molecule has 0 amide bonds. The van der Waals surface area contributed by atoms with E-state index < -0.39 is 6.36 Å². The van der Waals surface area contributed by atoms with E-state index in [0.29, 0.717) is 17.9 Å². The summed E-state index contributed by atoms with van der Waals surface area (Å²) in [5.41, 5.74) is 1.49. The van der Waals surface area contributed by atoms with Gasteiger partial charge in [-0.15, -0.1) is 18.3 Å². The summed E-state index contributed by atoms with van der Waals surface area (Å²) < 4.78 is 48.0. The van der Waals surface area contributed by atoms with E-state index in [0.717, 1.165) is 37.6 Å². The van der Waals surface area contributed by atoms with E-state index in [9.17, 15) is 13.2 Å². The van der Waals surface area contributed by atoms with Gasteiger partial charge in [-0.3, -0.25) is 0 Å². The Hall–Kier alpha value is -4.00. The van der Waals surface area contributed by atoms with Crippen LogP contribution in [0.15, 0.2) is 47.1 Å². The molecule has 0 bridgehead atoms. The molecule has 1 N–H and O–H groups in total. The lowest BCUT2D eigenvalue weighted by Gasteiger charge is -2.28. The molecule has 10 nitrogen and oxygen atoms in total. The van der Waals surface area contributed by atoms with Crippen LogP contribution in [0, 0.1) is 6.92 Å². The number of aromatic nitrogens is 6. The van der Waals surface area contributed by atoms with Gasteiger partial charge in [0.2, 0.25) is 11.6 Å². The van der Waals surface area contributed by atoms with Gasteiger partial charge in [-0.05, 0) is 48.9 Å². The molecular weight excluding hydrogens is 489 g/mol. The maximum absolute atomic E-state index is 12.3. The number of rotatable bonds is 6. The van der Waals surface area contributed by atoms with Crippen molar-refractivity contribution in [3.63, 3.8) is 0 Å². The third-order valence-electron chi connectivity index (χ3n) is 5.40. The van der Waals surface area contributed by atoms with Gasteiger partial charge in [0.05, 0.1) is 6.54 Å². The Kier molecular flexibility index (Phi) is 8.01. The highest BCUT2D eigenvalue weighted by Crippen LogP contribution is 2.26. The molecule has 1 fully saturated rings. The summed E-state index contributed by atoms with van der Waals surface area (Å²) in [6.07, 6.45) is -2.97. The molecular formula is C24H27F3N8O2. The van der Waals surface area contributed by atoms with Crippen molar-refractivity contribution in [1.82, 2.24) is 35.2 Å². The summed E-state index contributed by atoms with van der Waals surface area (Å²) in [4.78, 5) is 15.4. The van der Waals surface area contributed by atoms with Crippen molar-refractivity contribution in [2.45, 2.75) is 33.7 Å². The Morgan fingerprint density at radius 2 is 1.76 bits per heavy atom. The molecule has 0 aliphatic carbocycles. The lowest BCUT2D eigenvalue weighted by molar-refractivity contribution is -0.274. The number of anilines is 1. The van der Waals surface area contributed by atoms with Crippen molar-refractivity contribution < 1.29 is 22.4 Å². The molecule has 1 aliphatic heterocycles. The third kappa shape index (κ3) is 6.61. The van der Waals surface area contributed by atoms with E-state index in [1.165, 1.54) is 24.3 Å². The highest BCUT2D eigenvalue weighted by molar-refractivity contribution is 5.57. The molecule has 13 heteroatoms. The fourth-order valence-electron chi connectivity index (χ4n) is 3.70. The molecule has 5 rings (SSSR count). The Bertz CT molecular complexity index is 1300. The molecule has 1 saturated heterocycles. The Morgan fingerprint density at radius 3 is 2.46 bits per heavy atom. The standard InChI is InChI=1S/C22H21F3N8O2.C2H6/c1-14-28-20(21-29-19(31-35-21)16-2-4-17(5-3-16)34-22(23,24)25)30-33(14)13-15-6-7-27-18(12-15)32-10-8-26-9-11-32;1-2/h2-7,12,26H,8-11,13H2,1H3;1-2H3. The second kappa shape index (κ2) is 11.4. The second-order valence-electron chi connectivity index (χ2n) is 7.89. The van der Waals surface area contributed by atoms with Crippen LogP contribution in [-0.4, -0.2) is 62.4 Å². The average molecular weight is 517 g/mol. The number of pyridine rings is 1. The van der Waals surface area contributed by atoms with Crippen LogP contribution in [0.2, 0.25) is 0 Å². The Morgan fingerprint density at radius 1 is 1.03 bits per heavy atom. The van der Waals surface area contributed by atoms with Crippen molar-refractivity contribution in [3.05, 3.63) is 54.0 Å². The lowest BCUT2D eigenvalue weighted by Crippen LogP contribution is -2.43. The zero-order valence-corrected chi connectivity index (χ0v) is 20.7. The van der Waals surface area contributed by atoms with Gasteiger partial charge >= 0.3 is 6.36 Å². The Labute approximate surface area is 211 Å². The SMILES string of the molecule is CC.Cc1nc(-c2nc(-c3ccc(OC(F)(F)F)cc3)no2)nn1Cc1ccnc(N2CCNCC2)c1. The van der Waals surface area contributed by atoms with E-state index >= 15 is 0 Å². The van der Waals surface area contributed by atoms with Crippen molar-refractivity contribution in [1.29, 1.82) is 0 Å². The maximum atomic E-state index is 12.3. The lowest BCUT2D eigenvalue weighted by atomic mass is 10.2. The first-order valence-corrected chi connectivity index (χ1v) is 11.9. The van der Waals surface area contributed by atoms with E-state index in [1.807, 2.05) is 32.9 Å². The third-order valence-corrected chi connectivity index (χ3v) is 5.40. The molecule has 4 aromatic rings. The zero-order valence-electron chi connectivity index (χ0n) is 20.7. The summed E-state index contributed by atoms with van der Waals surface area (Å²) in [5.74, 6) is 1.81. The minimum Gasteiger partial charge on any atom is -0.406 e. The number of piperazine rings is 1. The minimum atomic E-state index is -4.76. The number of nitrogens with zero attached hydrogens (tertiary/aromatic N) is 7. The molecule has 1 aromatic carbocycles. The van der Waals surface area contributed by atoms with Gasteiger partial charge in [0.15, 0.2) is 0 Å². The highest BCUT2D eigenvalue weighted by Gasteiger charge is 2.31. The van der Waals surface area contributed by atoms with Crippen molar-refractivity contribution in [3.8, 4) is 28.9 Å². The van der Waals surface area contributed by atoms with Crippen LogP contribution in [0.25, 0.3) is 23.1 Å². The monoisotopic (exact) mass is 516 g/mol. The van der Waals surface area contributed by atoms with Crippen molar-refractivity contribution in [2.24, 2.45) is 0 Å². The number of ether oxygens (including phenoxy) is 1. The summed E-state index contributed by atoms with van der Waals surface area (Å²) in [7, 11) is 0. The zero-order chi connectivity index (χ0) is 26.4. The molecule has 0 spiro atoms. The van der Waals surface area contributed by atoms with Crippen LogP contribution in [0.5, 0.6) is 5.75 Å². The normalized spacial score (nSPS) is 13.7. The average Bonchev–Trinajstić information content (AvgIpc) is 3.53. The maximum Gasteiger partial charge on any atom is 0.573 e. The van der Waals surface area contributed by atoms with Gasteiger partial charge in [-0.2, -0.15) is 4.98 Å². The quantitative estimate of drug-likeness (QED) is 0.406. The molecule has 0 radical (unpaired) electrons. The van der Waals surface area contributed by atoms with Gasteiger partial charge < -0.3 is 19.5 Å². The van der Waals surface area contributed by atoms with Crippen molar-refractivity contribution >= 4 is 5.82 Å². The first-order chi connectivity index (χ1) is 17.8. The topological polar surface area (TPSA) is 107 Å². The minimum absolute atomic E-state index is 0.105. The molecule has 0 atom stereocenters. The number of halogens is 3. The first kappa shape index (κ1) is 26.1. The number of hydrogen-bond acceptors (Lipinski definition) is 9. The van der Waals surface area contributed by atoms with Gasteiger partial charge in [0, 0.05) is 37.9 Å². The second-order valence-corrected chi connectivity index (χ2v) is 7.89. The molecule has 37 heavy (non-hydrogen) atoms. The van der Waals surface area contributed by atoms with Crippen LogP contribution in [0.3, 0.4) is 0 Å². The van der Waals surface area contributed by atoms with Crippen LogP contribution < -0.4 is 15.0 Å². The largest absolute Gasteiger partial charge is 0.573 e. The summed E-state index contributed by atoms with van der Waals surface area (Å²) in [5, 5.41) is 11.7. The fourth-order valence-corrected chi connectivity index (χ4v) is 3.70. The number of benzene rings is 1. The van der Waals surface area contributed by atoms with Crippen LogP contribution in [0.1, 0.15) is 25.2 Å². The molecule has 1 aliphatic rings. The highest BCUT2D eigenvalue weighted by atomic mass is 19.4. The Balaban J connectivity index is 0.00000156.